The van der Waals surface area contributed by atoms with Gasteiger partial charge in [0, 0.05) is 5.56 Å². The zero-order valence-corrected chi connectivity index (χ0v) is 8.43. The molecule has 0 heterocycles. The van der Waals surface area contributed by atoms with E-state index >= 15 is 0 Å². The van der Waals surface area contributed by atoms with Gasteiger partial charge in [-0.25, -0.2) is 8.78 Å². The first-order valence-electron chi connectivity index (χ1n) is 4.78. The van der Waals surface area contributed by atoms with Crippen LogP contribution in [0.3, 0.4) is 0 Å². The van der Waals surface area contributed by atoms with Gasteiger partial charge in [-0.2, -0.15) is 13.2 Å². The first kappa shape index (κ1) is 11.8. The Morgan fingerprint density at radius 2 is 1.53 bits per heavy atom. The lowest BCUT2D eigenvalue weighted by Gasteiger charge is -2.14. The summed E-state index contributed by atoms with van der Waals surface area (Å²) in [7, 11) is 0. The van der Waals surface area contributed by atoms with Gasteiger partial charge in [0.1, 0.15) is 0 Å². The van der Waals surface area contributed by atoms with E-state index < -0.39 is 23.7 Å². The molecule has 0 aliphatic carbocycles. The third-order valence-electron chi connectivity index (χ3n) is 2.49. The summed E-state index contributed by atoms with van der Waals surface area (Å²) in [6.07, 6.45) is -7.92. The highest BCUT2D eigenvalue weighted by molar-refractivity contribution is 5.87. The minimum absolute atomic E-state index is 0.0580. The Morgan fingerprint density at radius 1 is 0.882 bits per heavy atom. The SMILES string of the molecule is FC(F)c1c(C(F)(F)F)ccc2ccccc12. The van der Waals surface area contributed by atoms with Crippen LogP contribution in [0, 0.1) is 0 Å². The Kier molecular flexibility index (Phi) is 2.77. The van der Waals surface area contributed by atoms with E-state index in [9.17, 15) is 22.0 Å². The third-order valence-corrected chi connectivity index (χ3v) is 2.49. The monoisotopic (exact) mass is 246 g/mol. The first-order valence-corrected chi connectivity index (χ1v) is 4.78. The molecule has 0 atom stereocenters. The van der Waals surface area contributed by atoms with E-state index in [2.05, 4.69) is 0 Å². The molecule has 2 aromatic carbocycles. The Bertz CT molecular complexity index is 542. The van der Waals surface area contributed by atoms with E-state index in [1.807, 2.05) is 0 Å². The van der Waals surface area contributed by atoms with Crippen LogP contribution in [-0.2, 0) is 6.18 Å². The fraction of sp³-hybridized carbons (Fsp3) is 0.167. The van der Waals surface area contributed by atoms with Gasteiger partial charge >= 0.3 is 6.18 Å². The molecule has 2 rings (SSSR count). The Labute approximate surface area is 93.7 Å². The maximum absolute atomic E-state index is 12.8. The van der Waals surface area contributed by atoms with Gasteiger partial charge in [-0.3, -0.25) is 0 Å². The van der Waals surface area contributed by atoms with Crippen molar-refractivity contribution in [2.45, 2.75) is 12.6 Å². The summed E-state index contributed by atoms with van der Waals surface area (Å²) in [5, 5.41) is 0.313. The Hall–Kier alpha value is -1.65. The summed E-state index contributed by atoms with van der Waals surface area (Å²) in [5.74, 6) is 0. The van der Waals surface area contributed by atoms with Crippen LogP contribution in [-0.4, -0.2) is 0 Å². The van der Waals surface area contributed by atoms with Gasteiger partial charge in [0.05, 0.1) is 5.56 Å². The predicted molar refractivity (Wildman–Crippen MR) is 53.9 cm³/mol. The summed E-state index contributed by atoms with van der Waals surface area (Å²) in [5.41, 5.74) is -2.22. The molecule has 5 heteroatoms. The van der Waals surface area contributed by atoms with Crippen molar-refractivity contribution in [3.05, 3.63) is 47.5 Å². The molecule has 0 bridgehead atoms. The van der Waals surface area contributed by atoms with Crippen LogP contribution < -0.4 is 0 Å². The molecule has 2 aromatic rings. The first-order chi connectivity index (χ1) is 7.91. The molecule has 0 aliphatic rings. The summed E-state index contributed by atoms with van der Waals surface area (Å²) in [6, 6.07) is 7.69. The largest absolute Gasteiger partial charge is 0.416 e. The topological polar surface area (TPSA) is 0 Å². The fourth-order valence-corrected chi connectivity index (χ4v) is 1.78. The summed E-state index contributed by atoms with van der Waals surface area (Å²) in [6.45, 7) is 0. The zero-order valence-electron chi connectivity index (χ0n) is 8.43. The van der Waals surface area contributed by atoms with Crippen LogP contribution in [0.15, 0.2) is 36.4 Å². The quantitative estimate of drug-likeness (QED) is 0.634. The number of halogens is 5. The van der Waals surface area contributed by atoms with Crippen LogP contribution in [0.2, 0.25) is 0 Å². The van der Waals surface area contributed by atoms with Crippen molar-refractivity contribution in [3.8, 4) is 0 Å². The highest BCUT2D eigenvalue weighted by Gasteiger charge is 2.36. The van der Waals surface area contributed by atoms with Crippen molar-refractivity contribution < 1.29 is 22.0 Å². The van der Waals surface area contributed by atoms with Gasteiger partial charge in [0.15, 0.2) is 0 Å². The molecule has 0 spiro atoms. The number of hydrogen-bond donors (Lipinski definition) is 0. The number of hydrogen-bond acceptors (Lipinski definition) is 0. The molecule has 17 heavy (non-hydrogen) atoms. The van der Waals surface area contributed by atoms with E-state index in [1.165, 1.54) is 24.3 Å². The highest BCUT2D eigenvalue weighted by Crippen LogP contribution is 2.39. The maximum Gasteiger partial charge on any atom is 0.416 e. The molecule has 0 fully saturated rings. The normalized spacial score (nSPS) is 12.4. The lowest BCUT2D eigenvalue weighted by molar-refractivity contribution is -0.139. The summed E-state index contributed by atoms with van der Waals surface area (Å²) >= 11 is 0. The van der Waals surface area contributed by atoms with Gasteiger partial charge in [0.25, 0.3) is 6.43 Å². The molecule has 0 unspecified atom stereocenters. The second kappa shape index (κ2) is 3.98. The van der Waals surface area contributed by atoms with Crippen molar-refractivity contribution >= 4 is 10.8 Å². The second-order valence-corrected chi connectivity index (χ2v) is 3.55. The lowest BCUT2D eigenvalue weighted by atomic mass is 9.99. The van der Waals surface area contributed by atoms with E-state index in [1.54, 1.807) is 6.07 Å². The average molecular weight is 246 g/mol. The van der Waals surface area contributed by atoms with E-state index in [0.717, 1.165) is 0 Å². The average Bonchev–Trinajstić information content (AvgIpc) is 2.26. The number of fused-ring (bicyclic) bond motifs is 1. The van der Waals surface area contributed by atoms with Crippen molar-refractivity contribution in [2.75, 3.05) is 0 Å². The van der Waals surface area contributed by atoms with E-state index in [-0.39, 0.29) is 5.39 Å². The fourth-order valence-electron chi connectivity index (χ4n) is 1.78. The van der Waals surface area contributed by atoms with E-state index in [0.29, 0.717) is 11.5 Å². The minimum Gasteiger partial charge on any atom is -0.205 e. The highest BCUT2D eigenvalue weighted by atomic mass is 19.4. The molecule has 0 saturated heterocycles. The third kappa shape index (κ3) is 2.09. The minimum atomic E-state index is -4.77. The molecule has 0 nitrogen and oxygen atoms in total. The summed E-state index contributed by atoms with van der Waals surface area (Å²) in [4.78, 5) is 0. The lowest BCUT2D eigenvalue weighted by Crippen LogP contribution is -2.09. The van der Waals surface area contributed by atoms with Crippen molar-refractivity contribution in [1.29, 1.82) is 0 Å². The van der Waals surface area contributed by atoms with Gasteiger partial charge in [-0.15, -0.1) is 0 Å². The van der Waals surface area contributed by atoms with Gasteiger partial charge in [-0.05, 0) is 16.8 Å². The van der Waals surface area contributed by atoms with Crippen LogP contribution in [0.1, 0.15) is 17.6 Å². The van der Waals surface area contributed by atoms with Crippen molar-refractivity contribution in [3.63, 3.8) is 0 Å². The van der Waals surface area contributed by atoms with Crippen LogP contribution in [0.5, 0.6) is 0 Å². The number of benzene rings is 2. The van der Waals surface area contributed by atoms with Gasteiger partial charge < -0.3 is 0 Å². The van der Waals surface area contributed by atoms with Crippen molar-refractivity contribution in [2.24, 2.45) is 0 Å². The zero-order chi connectivity index (χ0) is 12.6. The molecule has 0 saturated carbocycles. The van der Waals surface area contributed by atoms with Crippen LogP contribution >= 0.6 is 0 Å². The maximum atomic E-state index is 12.8. The van der Waals surface area contributed by atoms with E-state index in [4.69, 9.17) is 0 Å². The predicted octanol–water partition coefficient (Wildman–Crippen LogP) is 4.80. The molecule has 0 aliphatic heterocycles. The van der Waals surface area contributed by atoms with Crippen LogP contribution in [0.4, 0.5) is 22.0 Å². The van der Waals surface area contributed by atoms with Gasteiger partial charge in [0.2, 0.25) is 0 Å². The standard InChI is InChI=1S/C12H7F5/c13-11(14)10-8-4-2-1-3-7(8)5-6-9(10)12(15,16)17/h1-6,11H. The Morgan fingerprint density at radius 3 is 2.12 bits per heavy atom. The van der Waals surface area contributed by atoms with Crippen molar-refractivity contribution in [1.82, 2.24) is 0 Å². The van der Waals surface area contributed by atoms with Crippen LogP contribution in [0.25, 0.3) is 10.8 Å². The Balaban J connectivity index is 2.82. The number of alkyl halides is 5. The molecular formula is C12H7F5. The molecule has 0 amide bonds. The molecule has 0 aromatic heterocycles. The smallest absolute Gasteiger partial charge is 0.205 e. The summed E-state index contributed by atoms with van der Waals surface area (Å²) < 4.78 is 63.4. The molecule has 0 N–H and O–H groups in total. The number of rotatable bonds is 1. The second-order valence-electron chi connectivity index (χ2n) is 3.55. The molecule has 90 valence electrons. The molecule has 0 radical (unpaired) electrons. The van der Waals surface area contributed by atoms with Gasteiger partial charge in [-0.1, -0.05) is 30.3 Å². The molecular weight excluding hydrogens is 239 g/mol.